The summed E-state index contributed by atoms with van der Waals surface area (Å²) in [5.41, 5.74) is 8.18. The number of ether oxygens (including phenoxy) is 4. The van der Waals surface area contributed by atoms with Gasteiger partial charge < -0.3 is 29.2 Å². The van der Waals surface area contributed by atoms with E-state index in [9.17, 15) is 19.8 Å². The molecule has 2 aliphatic heterocycles. The lowest BCUT2D eigenvalue weighted by Gasteiger charge is -2.30. The summed E-state index contributed by atoms with van der Waals surface area (Å²) in [5.74, 6) is 2.39. The van der Waals surface area contributed by atoms with Crippen molar-refractivity contribution in [2.24, 2.45) is 22.0 Å². The third kappa shape index (κ3) is 7.22. The molecule has 292 valence electrons. The topological polar surface area (TPSA) is 143 Å². The summed E-state index contributed by atoms with van der Waals surface area (Å²) in [6.07, 6.45) is 1.36. The highest BCUT2D eigenvalue weighted by atomic mass is 16.5. The first-order valence-electron chi connectivity index (χ1n) is 18.9. The molecule has 0 unspecified atom stereocenters. The van der Waals surface area contributed by atoms with Gasteiger partial charge in [0.25, 0.3) is 11.8 Å². The van der Waals surface area contributed by atoms with E-state index in [0.29, 0.717) is 0 Å². The Morgan fingerprint density at radius 2 is 0.911 bits per heavy atom. The zero-order chi connectivity index (χ0) is 39.7. The number of aliphatic hydroxyl groups excluding tert-OH is 2. The number of benzene rings is 4. The van der Waals surface area contributed by atoms with Crippen molar-refractivity contribution in [3.63, 3.8) is 0 Å². The molecule has 0 bridgehead atoms. The monoisotopic (exact) mass is 760 g/mol. The van der Waals surface area contributed by atoms with Crippen LogP contribution in [0.2, 0.25) is 0 Å². The first kappa shape index (κ1) is 38.6. The van der Waals surface area contributed by atoms with E-state index in [2.05, 4.69) is 12.1 Å². The molecule has 2 amide bonds. The maximum absolute atomic E-state index is 12.7. The van der Waals surface area contributed by atoms with Gasteiger partial charge in [-0.3, -0.25) is 9.59 Å². The number of aliphatic hydroxyl groups is 2. The third-order valence-corrected chi connectivity index (χ3v) is 11.1. The van der Waals surface area contributed by atoms with Gasteiger partial charge in [-0.2, -0.15) is 10.2 Å². The van der Waals surface area contributed by atoms with Gasteiger partial charge in [-0.05, 0) is 110 Å². The van der Waals surface area contributed by atoms with Crippen molar-refractivity contribution >= 4 is 23.2 Å². The zero-order valence-corrected chi connectivity index (χ0v) is 32.5. The second kappa shape index (κ2) is 16.2. The minimum absolute atomic E-state index is 0.0655. The summed E-state index contributed by atoms with van der Waals surface area (Å²) in [5, 5.41) is 32.2. The van der Waals surface area contributed by atoms with Crippen LogP contribution in [0.25, 0.3) is 0 Å². The fourth-order valence-corrected chi connectivity index (χ4v) is 8.25. The first-order chi connectivity index (χ1) is 27.1. The number of hydrogen-bond acceptors (Lipinski definition) is 10. The van der Waals surface area contributed by atoms with Crippen molar-refractivity contribution in [2.75, 3.05) is 28.4 Å². The van der Waals surface area contributed by atoms with Gasteiger partial charge >= 0.3 is 0 Å². The second-order valence-electron chi connectivity index (χ2n) is 14.5. The fourth-order valence-electron chi connectivity index (χ4n) is 8.25. The Bertz CT molecular complexity index is 1990. The van der Waals surface area contributed by atoms with E-state index in [1.807, 2.05) is 72.8 Å². The summed E-state index contributed by atoms with van der Waals surface area (Å²) in [4.78, 5) is 25.5. The molecule has 12 heteroatoms. The number of rotatable bonds is 8. The summed E-state index contributed by atoms with van der Waals surface area (Å²) in [6.45, 7) is 2.96. The highest BCUT2D eigenvalue weighted by Crippen LogP contribution is 2.46. The molecular weight excluding hydrogens is 713 g/mol. The van der Waals surface area contributed by atoms with Gasteiger partial charge in [0.1, 0.15) is 35.2 Å². The van der Waals surface area contributed by atoms with Crippen LogP contribution in [0.15, 0.2) is 95.1 Å². The zero-order valence-electron chi connectivity index (χ0n) is 32.5. The smallest absolute Gasteiger partial charge is 0.271 e. The second-order valence-corrected chi connectivity index (χ2v) is 14.5. The van der Waals surface area contributed by atoms with Crippen molar-refractivity contribution < 1.29 is 38.7 Å². The van der Waals surface area contributed by atoms with Crippen LogP contribution < -0.4 is 18.9 Å². The highest BCUT2D eigenvalue weighted by Gasteiger charge is 2.46. The van der Waals surface area contributed by atoms with Gasteiger partial charge in [0.15, 0.2) is 0 Å². The van der Waals surface area contributed by atoms with Crippen molar-refractivity contribution in [3.8, 4) is 23.0 Å². The maximum atomic E-state index is 12.7. The number of hydrogen-bond donors (Lipinski definition) is 2. The number of hydrazone groups is 2. The standard InChI is InChI=1S/2C22H24N2O4/c2*1-13(25)22(26)24-21(15-5-8-16(27-2)9-6-15)18-11-7-14-4-10-17(28-3)12-19(14)20(18)23-24/h2*4-6,8-10,12-13,18,21,25H,7,11H2,1-3H3/t13-,18+,21+;13-,18-,21-/m00/s1. The molecule has 12 nitrogen and oxygen atoms in total. The molecule has 4 aromatic carbocycles. The molecule has 2 aliphatic carbocycles. The van der Waals surface area contributed by atoms with E-state index < -0.39 is 24.0 Å². The number of carbonyl (C=O) groups excluding carboxylic acids is 2. The minimum atomic E-state index is -1.12. The quantitative estimate of drug-likeness (QED) is 0.227. The number of nitrogens with zero attached hydrogens (tertiary/aromatic N) is 4. The fraction of sp³-hybridized carbons (Fsp3) is 0.364. The Morgan fingerprint density at radius 3 is 1.23 bits per heavy atom. The van der Waals surface area contributed by atoms with Gasteiger partial charge in [-0.25, -0.2) is 10.0 Å². The van der Waals surface area contributed by atoms with E-state index >= 15 is 0 Å². The summed E-state index contributed by atoms with van der Waals surface area (Å²) >= 11 is 0. The predicted octanol–water partition coefficient (Wildman–Crippen LogP) is 5.87. The Balaban J connectivity index is 0.000000172. The lowest BCUT2D eigenvalue weighted by Crippen LogP contribution is -2.37. The SMILES string of the molecule is COc1ccc([C@@H]2[C@@H]3CCc4ccc(OC)cc4C3=NN2C(=O)[C@H](C)O)cc1.COc1ccc([C@H]2[C@H]3CCc4ccc(OC)cc4C3=NN2C(=O)[C@H](C)O)cc1. The summed E-state index contributed by atoms with van der Waals surface area (Å²) < 4.78 is 21.3. The van der Waals surface area contributed by atoms with Crippen LogP contribution in [0, 0.1) is 11.8 Å². The maximum Gasteiger partial charge on any atom is 0.271 e. The van der Waals surface area contributed by atoms with Crippen LogP contribution in [-0.4, -0.2) is 84.1 Å². The number of carbonyl (C=O) groups is 2. The van der Waals surface area contributed by atoms with Gasteiger partial charge in [0.05, 0.1) is 51.9 Å². The lowest BCUT2D eigenvalue weighted by molar-refractivity contribution is -0.142. The van der Waals surface area contributed by atoms with Gasteiger partial charge in [-0.1, -0.05) is 36.4 Å². The van der Waals surface area contributed by atoms with E-state index in [-0.39, 0.29) is 23.9 Å². The summed E-state index contributed by atoms with van der Waals surface area (Å²) in [6, 6.07) is 26.9. The number of amides is 2. The lowest BCUT2D eigenvalue weighted by atomic mass is 9.77. The molecule has 4 aliphatic rings. The average Bonchev–Trinajstić information content (AvgIpc) is 3.83. The molecular formula is C44H48N4O8. The Hall–Kier alpha value is -5.72. The Morgan fingerprint density at radius 1 is 0.571 bits per heavy atom. The third-order valence-electron chi connectivity index (χ3n) is 11.1. The average molecular weight is 761 g/mol. The number of aryl methyl sites for hydroxylation is 2. The first-order valence-corrected chi connectivity index (χ1v) is 18.9. The highest BCUT2D eigenvalue weighted by molar-refractivity contribution is 6.08. The van der Waals surface area contributed by atoms with Gasteiger partial charge in [0, 0.05) is 23.0 Å². The van der Waals surface area contributed by atoms with Crippen LogP contribution in [0.1, 0.15) is 72.2 Å². The number of fused-ring (bicyclic) bond motifs is 6. The van der Waals surface area contributed by atoms with Crippen molar-refractivity contribution in [1.82, 2.24) is 10.0 Å². The van der Waals surface area contributed by atoms with Crippen LogP contribution in [0.4, 0.5) is 0 Å². The van der Waals surface area contributed by atoms with E-state index in [1.54, 1.807) is 28.4 Å². The molecule has 2 heterocycles. The van der Waals surface area contributed by atoms with E-state index in [4.69, 9.17) is 29.2 Å². The van der Waals surface area contributed by atoms with Crippen molar-refractivity contribution in [1.29, 1.82) is 0 Å². The van der Waals surface area contributed by atoms with Crippen LogP contribution in [0.5, 0.6) is 23.0 Å². The normalized spacial score (nSPS) is 21.4. The van der Waals surface area contributed by atoms with Gasteiger partial charge in [0.2, 0.25) is 0 Å². The van der Waals surface area contributed by atoms with Crippen LogP contribution >= 0.6 is 0 Å². The molecule has 0 spiro atoms. The molecule has 8 rings (SSSR count). The summed E-state index contributed by atoms with van der Waals surface area (Å²) in [7, 11) is 6.53. The van der Waals surface area contributed by atoms with Gasteiger partial charge in [-0.15, -0.1) is 0 Å². The van der Waals surface area contributed by atoms with Crippen LogP contribution in [-0.2, 0) is 22.4 Å². The van der Waals surface area contributed by atoms with Crippen molar-refractivity contribution in [3.05, 3.63) is 118 Å². The molecule has 0 saturated carbocycles. The number of methoxy groups -OCH3 is 4. The largest absolute Gasteiger partial charge is 0.497 e. The molecule has 0 radical (unpaired) electrons. The molecule has 6 atom stereocenters. The predicted molar refractivity (Wildman–Crippen MR) is 211 cm³/mol. The molecule has 2 N–H and O–H groups in total. The van der Waals surface area contributed by atoms with Crippen molar-refractivity contribution in [2.45, 2.75) is 63.8 Å². The molecule has 0 fully saturated rings. The molecule has 0 saturated heterocycles. The molecule has 56 heavy (non-hydrogen) atoms. The molecule has 0 aromatic heterocycles. The van der Waals surface area contributed by atoms with Crippen LogP contribution in [0.3, 0.4) is 0 Å². The molecule has 4 aromatic rings. The van der Waals surface area contributed by atoms with E-state index in [1.165, 1.54) is 35.0 Å². The van der Waals surface area contributed by atoms with E-state index in [0.717, 1.165) is 82.4 Å². The Kier molecular flexibility index (Phi) is 11.1. The minimum Gasteiger partial charge on any atom is -0.497 e. The Labute approximate surface area is 327 Å².